The topological polar surface area (TPSA) is 29.1 Å². The fraction of sp³-hybridized carbons (Fsp3) is 0.533. The summed E-state index contributed by atoms with van der Waals surface area (Å²) in [5.41, 5.74) is 1.96. The maximum Gasteiger partial charge on any atom is 0.251 e. The maximum atomic E-state index is 12.1. The molecule has 3 heteroatoms. The summed E-state index contributed by atoms with van der Waals surface area (Å²) in [4.78, 5) is 12.1. The lowest BCUT2D eigenvalue weighted by Crippen LogP contribution is -2.34. The molecular formula is C15H20BrNO. The van der Waals surface area contributed by atoms with Crippen molar-refractivity contribution in [2.24, 2.45) is 0 Å². The fourth-order valence-corrected chi connectivity index (χ4v) is 2.81. The van der Waals surface area contributed by atoms with Gasteiger partial charge in [-0.25, -0.2) is 0 Å². The molecule has 1 aliphatic carbocycles. The number of carbonyl (C=O) groups excluding carboxylic acids is 1. The number of nitrogens with one attached hydrogen (secondary N) is 1. The average Bonchev–Trinajstić information content (AvgIpc) is 2.67. The van der Waals surface area contributed by atoms with Crippen LogP contribution in [0.4, 0.5) is 0 Å². The minimum Gasteiger partial charge on any atom is -0.349 e. The van der Waals surface area contributed by atoms with Gasteiger partial charge in [0, 0.05) is 16.9 Å². The highest BCUT2D eigenvalue weighted by molar-refractivity contribution is 9.08. The number of rotatable bonds is 3. The second kappa shape index (κ2) is 6.93. The van der Waals surface area contributed by atoms with E-state index >= 15 is 0 Å². The predicted molar refractivity (Wildman–Crippen MR) is 78.0 cm³/mol. The van der Waals surface area contributed by atoms with Crippen molar-refractivity contribution in [1.82, 2.24) is 5.32 Å². The molecular weight excluding hydrogens is 290 g/mol. The second-order valence-electron chi connectivity index (χ2n) is 4.99. The Morgan fingerprint density at radius 3 is 2.28 bits per heavy atom. The monoisotopic (exact) mass is 309 g/mol. The van der Waals surface area contributed by atoms with Gasteiger partial charge in [0.1, 0.15) is 0 Å². The van der Waals surface area contributed by atoms with E-state index in [2.05, 4.69) is 21.2 Å². The molecule has 0 atom stereocenters. The van der Waals surface area contributed by atoms with E-state index in [4.69, 9.17) is 0 Å². The molecule has 0 spiro atoms. The van der Waals surface area contributed by atoms with E-state index in [1.54, 1.807) is 0 Å². The highest BCUT2D eigenvalue weighted by Gasteiger charge is 2.15. The third-order valence-electron chi connectivity index (χ3n) is 3.56. The summed E-state index contributed by atoms with van der Waals surface area (Å²) in [7, 11) is 0. The van der Waals surface area contributed by atoms with Gasteiger partial charge < -0.3 is 5.32 Å². The van der Waals surface area contributed by atoms with E-state index in [1.165, 1.54) is 31.2 Å². The van der Waals surface area contributed by atoms with E-state index in [1.807, 2.05) is 24.3 Å². The minimum absolute atomic E-state index is 0.0722. The van der Waals surface area contributed by atoms with Crippen LogP contribution < -0.4 is 5.32 Å². The largest absolute Gasteiger partial charge is 0.349 e. The molecule has 0 aliphatic heterocycles. The number of amides is 1. The Bertz CT molecular complexity index is 380. The number of hydrogen-bond acceptors (Lipinski definition) is 1. The fourth-order valence-electron chi connectivity index (χ4n) is 2.44. The van der Waals surface area contributed by atoms with Gasteiger partial charge in [-0.15, -0.1) is 0 Å². The zero-order chi connectivity index (χ0) is 12.8. The quantitative estimate of drug-likeness (QED) is 0.663. The van der Waals surface area contributed by atoms with Crippen LogP contribution in [0.3, 0.4) is 0 Å². The Morgan fingerprint density at radius 1 is 1.11 bits per heavy atom. The number of carbonyl (C=O) groups is 1. The summed E-state index contributed by atoms with van der Waals surface area (Å²) in [6.45, 7) is 0. The smallest absolute Gasteiger partial charge is 0.251 e. The van der Waals surface area contributed by atoms with Crippen LogP contribution in [0.1, 0.15) is 54.4 Å². The molecule has 0 radical (unpaired) electrons. The first-order valence-electron chi connectivity index (χ1n) is 6.75. The van der Waals surface area contributed by atoms with Crippen molar-refractivity contribution in [3.05, 3.63) is 35.4 Å². The molecule has 0 unspecified atom stereocenters. The van der Waals surface area contributed by atoms with Gasteiger partial charge in [0.2, 0.25) is 0 Å². The Balaban J connectivity index is 1.93. The lowest BCUT2D eigenvalue weighted by Gasteiger charge is -2.16. The highest BCUT2D eigenvalue weighted by Crippen LogP contribution is 2.17. The molecule has 1 aromatic rings. The maximum absolute atomic E-state index is 12.1. The van der Waals surface area contributed by atoms with Gasteiger partial charge in [-0.1, -0.05) is 53.7 Å². The normalized spacial score (nSPS) is 17.2. The lowest BCUT2D eigenvalue weighted by molar-refractivity contribution is 0.0933. The van der Waals surface area contributed by atoms with Gasteiger partial charge in [-0.05, 0) is 30.5 Å². The van der Waals surface area contributed by atoms with Crippen LogP contribution >= 0.6 is 15.9 Å². The molecule has 1 aliphatic rings. The number of alkyl halides is 1. The van der Waals surface area contributed by atoms with Gasteiger partial charge in [0.15, 0.2) is 0 Å². The Labute approximate surface area is 117 Å². The molecule has 0 saturated heterocycles. The lowest BCUT2D eigenvalue weighted by atomic mass is 10.1. The van der Waals surface area contributed by atoms with Gasteiger partial charge >= 0.3 is 0 Å². The van der Waals surface area contributed by atoms with Crippen molar-refractivity contribution in [1.29, 1.82) is 0 Å². The molecule has 0 aromatic heterocycles. The Morgan fingerprint density at radius 2 is 1.72 bits per heavy atom. The van der Waals surface area contributed by atoms with Crippen molar-refractivity contribution in [3.63, 3.8) is 0 Å². The number of hydrogen-bond donors (Lipinski definition) is 1. The third kappa shape index (κ3) is 3.84. The summed E-state index contributed by atoms with van der Waals surface area (Å²) in [6, 6.07) is 8.18. The summed E-state index contributed by atoms with van der Waals surface area (Å²) in [5, 5.41) is 3.99. The standard InChI is InChI=1S/C15H20BrNO/c16-11-12-7-9-13(10-8-12)15(18)17-14-5-3-1-2-4-6-14/h7-10,14H,1-6,11H2,(H,17,18). The van der Waals surface area contributed by atoms with E-state index in [-0.39, 0.29) is 5.91 Å². The van der Waals surface area contributed by atoms with Gasteiger partial charge in [0.05, 0.1) is 0 Å². The number of benzene rings is 1. The minimum atomic E-state index is 0.0722. The molecule has 1 saturated carbocycles. The SMILES string of the molecule is O=C(NC1CCCCCC1)c1ccc(CBr)cc1. The van der Waals surface area contributed by atoms with Crippen LogP contribution in [0.2, 0.25) is 0 Å². The average molecular weight is 310 g/mol. The Hall–Kier alpha value is -0.830. The summed E-state index contributed by atoms with van der Waals surface area (Å²) in [6.07, 6.45) is 7.37. The van der Waals surface area contributed by atoms with Crippen molar-refractivity contribution < 1.29 is 4.79 Å². The molecule has 98 valence electrons. The number of halogens is 1. The van der Waals surface area contributed by atoms with Gasteiger partial charge in [-0.2, -0.15) is 0 Å². The van der Waals surface area contributed by atoms with Crippen LogP contribution in [0.25, 0.3) is 0 Å². The molecule has 2 nitrogen and oxygen atoms in total. The molecule has 1 fully saturated rings. The summed E-state index contributed by atoms with van der Waals surface area (Å²) in [5.74, 6) is 0.0722. The molecule has 1 N–H and O–H groups in total. The summed E-state index contributed by atoms with van der Waals surface area (Å²) < 4.78 is 0. The van der Waals surface area contributed by atoms with Crippen LogP contribution in [0.15, 0.2) is 24.3 Å². The summed E-state index contributed by atoms with van der Waals surface area (Å²) >= 11 is 3.41. The van der Waals surface area contributed by atoms with E-state index in [9.17, 15) is 4.79 Å². The van der Waals surface area contributed by atoms with Gasteiger partial charge in [-0.3, -0.25) is 4.79 Å². The first-order valence-corrected chi connectivity index (χ1v) is 7.87. The highest BCUT2D eigenvalue weighted by atomic mass is 79.9. The van der Waals surface area contributed by atoms with Crippen LogP contribution in [-0.4, -0.2) is 11.9 Å². The Kier molecular flexibility index (Phi) is 5.24. The van der Waals surface area contributed by atoms with Crippen molar-refractivity contribution in [2.75, 3.05) is 0 Å². The molecule has 1 amide bonds. The van der Waals surface area contributed by atoms with Crippen molar-refractivity contribution in [2.45, 2.75) is 49.9 Å². The van der Waals surface area contributed by atoms with Crippen LogP contribution in [0, 0.1) is 0 Å². The predicted octanol–water partition coefficient (Wildman–Crippen LogP) is 4.03. The molecule has 18 heavy (non-hydrogen) atoms. The van der Waals surface area contributed by atoms with Crippen LogP contribution in [0.5, 0.6) is 0 Å². The van der Waals surface area contributed by atoms with Gasteiger partial charge in [0.25, 0.3) is 5.91 Å². The first-order chi connectivity index (χ1) is 8.79. The molecule has 0 heterocycles. The van der Waals surface area contributed by atoms with Crippen molar-refractivity contribution in [3.8, 4) is 0 Å². The zero-order valence-electron chi connectivity index (χ0n) is 10.6. The second-order valence-corrected chi connectivity index (χ2v) is 5.55. The van der Waals surface area contributed by atoms with E-state index < -0.39 is 0 Å². The molecule has 2 rings (SSSR count). The zero-order valence-corrected chi connectivity index (χ0v) is 12.2. The molecule has 1 aromatic carbocycles. The van der Waals surface area contributed by atoms with E-state index in [0.29, 0.717) is 6.04 Å². The van der Waals surface area contributed by atoms with E-state index in [0.717, 1.165) is 23.7 Å². The third-order valence-corrected chi connectivity index (χ3v) is 4.21. The first kappa shape index (κ1) is 13.6. The molecule has 0 bridgehead atoms. The van der Waals surface area contributed by atoms with Crippen LogP contribution in [-0.2, 0) is 5.33 Å². The van der Waals surface area contributed by atoms with Crippen molar-refractivity contribution >= 4 is 21.8 Å².